The molecule has 0 spiro atoms. The van der Waals surface area contributed by atoms with Crippen LogP contribution in [0.5, 0.6) is 0 Å². The Kier molecular flexibility index (Phi) is 4.06. The molecule has 1 heterocycles. The predicted molar refractivity (Wildman–Crippen MR) is 55.9 cm³/mol. The van der Waals surface area contributed by atoms with Gasteiger partial charge in [-0.15, -0.1) is 0 Å². The van der Waals surface area contributed by atoms with E-state index in [1.165, 1.54) is 11.3 Å². The number of aliphatic hydroxyl groups is 1. The first-order valence-electron chi connectivity index (χ1n) is 4.34. The Labute approximate surface area is 86.7 Å². The van der Waals surface area contributed by atoms with Crippen LogP contribution < -0.4 is 11.1 Å². The maximum Gasteiger partial charge on any atom is 0.236 e. The van der Waals surface area contributed by atoms with Gasteiger partial charge >= 0.3 is 0 Å². The SMILES string of the molecule is C[C@H](N)C(=O)NCC(O)c1ccsc1. The van der Waals surface area contributed by atoms with Gasteiger partial charge in [0.05, 0.1) is 12.1 Å². The number of amides is 1. The number of rotatable bonds is 4. The second-order valence-electron chi connectivity index (χ2n) is 3.11. The Morgan fingerprint density at radius 1 is 1.79 bits per heavy atom. The largest absolute Gasteiger partial charge is 0.387 e. The van der Waals surface area contributed by atoms with Crippen molar-refractivity contribution in [3.8, 4) is 0 Å². The molecule has 2 atom stereocenters. The van der Waals surface area contributed by atoms with E-state index in [1.807, 2.05) is 16.8 Å². The topological polar surface area (TPSA) is 75.4 Å². The molecule has 0 radical (unpaired) electrons. The molecule has 1 aromatic heterocycles. The quantitative estimate of drug-likeness (QED) is 0.672. The summed E-state index contributed by atoms with van der Waals surface area (Å²) in [5, 5.41) is 15.9. The number of nitrogens with one attached hydrogen (secondary N) is 1. The lowest BCUT2D eigenvalue weighted by atomic mass is 10.2. The number of hydrogen-bond acceptors (Lipinski definition) is 4. The molecule has 1 unspecified atom stereocenters. The van der Waals surface area contributed by atoms with Gasteiger partial charge in [0.15, 0.2) is 0 Å². The molecule has 14 heavy (non-hydrogen) atoms. The number of carbonyl (C=O) groups is 1. The van der Waals surface area contributed by atoms with Gasteiger partial charge < -0.3 is 16.2 Å². The highest BCUT2D eigenvalue weighted by Gasteiger charge is 2.11. The van der Waals surface area contributed by atoms with Gasteiger partial charge in [-0.25, -0.2) is 0 Å². The summed E-state index contributed by atoms with van der Waals surface area (Å²) in [6, 6.07) is 1.29. The van der Waals surface area contributed by atoms with Gasteiger partial charge in [0.2, 0.25) is 5.91 Å². The standard InChI is InChI=1S/C9H14N2O2S/c1-6(10)9(13)11-4-8(12)7-2-3-14-5-7/h2-3,5-6,8,12H,4,10H2,1H3,(H,11,13)/t6-,8?/m0/s1. The van der Waals surface area contributed by atoms with Crippen LogP contribution in [0.2, 0.25) is 0 Å². The Morgan fingerprint density at radius 2 is 2.50 bits per heavy atom. The maximum atomic E-state index is 11.1. The fourth-order valence-electron chi connectivity index (χ4n) is 0.941. The van der Waals surface area contributed by atoms with Crippen molar-refractivity contribution in [1.82, 2.24) is 5.32 Å². The molecule has 0 aromatic carbocycles. The van der Waals surface area contributed by atoms with Crippen molar-refractivity contribution in [3.63, 3.8) is 0 Å². The van der Waals surface area contributed by atoms with Crippen LogP contribution in [-0.2, 0) is 4.79 Å². The zero-order chi connectivity index (χ0) is 10.6. The van der Waals surface area contributed by atoms with Gasteiger partial charge in [0, 0.05) is 6.54 Å². The van der Waals surface area contributed by atoms with Gasteiger partial charge in [-0.05, 0) is 29.3 Å². The number of carbonyl (C=O) groups excluding carboxylic acids is 1. The lowest BCUT2D eigenvalue weighted by molar-refractivity contribution is -0.122. The number of hydrogen-bond donors (Lipinski definition) is 3. The summed E-state index contributed by atoms with van der Waals surface area (Å²) in [5.74, 6) is -0.251. The average molecular weight is 214 g/mol. The van der Waals surface area contributed by atoms with Crippen molar-refractivity contribution < 1.29 is 9.90 Å². The highest BCUT2D eigenvalue weighted by atomic mass is 32.1. The van der Waals surface area contributed by atoms with E-state index < -0.39 is 12.1 Å². The first-order chi connectivity index (χ1) is 6.61. The normalized spacial score (nSPS) is 14.8. The number of nitrogens with two attached hydrogens (primary N) is 1. The summed E-state index contributed by atoms with van der Waals surface area (Å²) in [6.45, 7) is 1.81. The van der Waals surface area contributed by atoms with Crippen molar-refractivity contribution in [2.45, 2.75) is 19.1 Å². The molecule has 0 bridgehead atoms. The summed E-state index contributed by atoms with van der Waals surface area (Å²) in [6.07, 6.45) is -0.649. The Balaban J connectivity index is 2.36. The molecular weight excluding hydrogens is 200 g/mol. The smallest absolute Gasteiger partial charge is 0.236 e. The van der Waals surface area contributed by atoms with Crippen LogP contribution in [0.15, 0.2) is 16.8 Å². The monoisotopic (exact) mass is 214 g/mol. The highest BCUT2D eigenvalue weighted by molar-refractivity contribution is 7.07. The van der Waals surface area contributed by atoms with Crippen LogP contribution >= 0.6 is 11.3 Å². The minimum atomic E-state index is -0.649. The van der Waals surface area contributed by atoms with Gasteiger partial charge in [-0.2, -0.15) is 11.3 Å². The predicted octanol–water partition coefficient (Wildman–Crippen LogP) is 0.245. The number of thiophene rings is 1. The van der Waals surface area contributed by atoms with E-state index in [9.17, 15) is 9.90 Å². The minimum absolute atomic E-state index is 0.205. The van der Waals surface area contributed by atoms with Crippen LogP contribution in [0.3, 0.4) is 0 Å². The van der Waals surface area contributed by atoms with Crippen LogP contribution in [0.1, 0.15) is 18.6 Å². The van der Waals surface area contributed by atoms with Crippen LogP contribution in [0, 0.1) is 0 Å². The van der Waals surface area contributed by atoms with E-state index in [0.717, 1.165) is 5.56 Å². The lowest BCUT2D eigenvalue weighted by Gasteiger charge is -2.11. The van der Waals surface area contributed by atoms with E-state index in [0.29, 0.717) is 0 Å². The first kappa shape index (κ1) is 11.2. The summed E-state index contributed by atoms with van der Waals surface area (Å²) < 4.78 is 0. The molecule has 1 aromatic rings. The molecule has 0 aliphatic carbocycles. The molecule has 4 N–H and O–H groups in total. The molecule has 5 heteroatoms. The van der Waals surface area contributed by atoms with E-state index in [-0.39, 0.29) is 12.5 Å². The van der Waals surface area contributed by atoms with Gasteiger partial charge in [0.1, 0.15) is 0 Å². The Morgan fingerprint density at radius 3 is 3.00 bits per heavy atom. The molecule has 0 fully saturated rings. The summed E-state index contributed by atoms with van der Waals surface area (Å²) in [5.41, 5.74) is 6.17. The molecule has 78 valence electrons. The average Bonchev–Trinajstić information content (AvgIpc) is 2.66. The third-order valence-corrected chi connectivity index (χ3v) is 2.51. The van der Waals surface area contributed by atoms with E-state index in [1.54, 1.807) is 6.92 Å². The van der Waals surface area contributed by atoms with E-state index in [2.05, 4.69) is 5.32 Å². The molecule has 4 nitrogen and oxygen atoms in total. The van der Waals surface area contributed by atoms with Crippen LogP contribution in [0.4, 0.5) is 0 Å². The Hall–Kier alpha value is -0.910. The zero-order valence-electron chi connectivity index (χ0n) is 7.93. The van der Waals surface area contributed by atoms with E-state index >= 15 is 0 Å². The summed E-state index contributed by atoms with van der Waals surface area (Å²) >= 11 is 1.51. The second-order valence-corrected chi connectivity index (χ2v) is 3.89. The van der Waals surface area contributed by atoms with Gasteiger partial charge in [-0.3, -0.25) is 4.79 Å². The maximum absolute atomic E-state index is 11.1. The van der Waals surface area contributed by atoms with Crippen molar-refractivity contribution in [2.24, 2.45) is 5.73 Å². The summed E-state index contributed by atoms with van der Waals surface area (Å²) in [4.78, 5) is 11.1. The molecule has 0 saturated heterocycles. The minimum Gasteiger partial charge on any atom is -0.387 e. The molecular formula is C9H14N2O2S. The van der Waals surface area contributed by atoms with Crippen molar-refractivity contribution in [3.05, 3.63) is 22.4 Å². The second kappa shape index (κ2) is 5.09. The van der Waals surface area contributed by atoms with E-state index in [4.69, 9.17) is 5.73 Å². The third kappa shape index (κ3) is 3.10. The van der Waals surface area contributed by atoms with Crippen LogP contribution in [-0.4, -0.2) is 23.6 Å². The fourth-order valence-corrected chi connectivity index (χ4v) is 1.65. The first-order valence-corrected chi connectivity index (χ1v) is 5.29. The van der Waals surface area contributed by atoms with Crippen LogP contribution in [0.25, 0.3) is 0 Å². The summed E-state index contributed by atoms with van der Waals surface area (Å²) in [7, 11) is 0. The molecule has 0 aliphatic rings. The van der Waals surface area contributed by atoms with Gasteiger partial charge in [0.25, 0.3) is 0 Å². The lowest BCUT2D eigenvalue weighted by Crippen LogP contribution is -2.40. The molecule has 1 rings (SSSR count). The number of aliphatic hydroxyl groups excluding tert-OH is 1. The van der Waals surface area contributed by atoms with Crippen molar-refractivity contribution >= 4 is 17.2 Å². The Bertz CT molecular complexity index is 285. The molecule has 0 saturated carbocycles. The van der Waals surface area contributed by atoms with Crippen molar-refractivity contribution in [2.75, 3.05) is 6.54 Å². The zero-order valence-corrected chi connectivity index (χ0v) is 8.75. The van der Waals surface area contributed by atoms with Crippen molar-refractivity contribution in [1.29, 1.82) is 0 Å². The fraction of sp³-hybridized carbons (Fsp3) is 0.444. The third-order valence-electron chi connectivity index (χ3n) is 1.81. The highest BCUT2D eigenvalue weighted by Crippen LogP contribution is 2.14. The van der Waals surface area contributed by atoms with Gasteiger partial charge in [-0.1, -0.05) is 0 Å². The molecule has 0 aliphatic heterocycles. The molecule has 1 amide bonds.